The van der Waals surface area contributed by atoms with Gasteiger partial charge in [0, 0.05) is 25.2 Å². The molecule has 0 radical (unpaired) electrons. The number of carbonyl (C=O) groups excluding carboxylic acids is 1. The fourth-order valence-electron chi connectivity index (χ4n) is 2.73. The second kappa shape index (κ2) is 6.09. The number of nitro benzene ring substituents is 1. The Kier molecular flexibility index (Phi) is 4.42. The maximum Gasteiger partial charge on any atom is 0.292 e. The number of nitrogens with zero attached hydrogens (tertiary/aromatic N) is 2. The van der Waals surface area contributed by atoms with Crippen LogP contribution >= 0.6 is 0 Å². The van der Waals surface area contributed by atoms with Gasteiger partial charge in [0.25, 0.3) is 5.69 Å². The topological polar surface area (TPSA) is 115 Å². The molecule has 1 aliphatic heterocycles. The van der Waals surface area contributed by atoms with Crippen LogP contribution in [0.5, 0.6) is 0 Å². The Morgan fingerprint density at radius 2 is 2.19 bits per heavy atom. The molecule has 2 unspecified atom stereocenters. The Hall–Kier alpha value is -2.15. The van der Waals surface area contributed by atoms with Crippen LogP contribution in [0.25, 0.3) is 0 Å². The molecule has 2 rings (SSSR count). The van der Waals surface area contributed by atoms with Gasteiger partial charge in [-0.15, -0.1) is 0 Å². The summed E-state index contributed by atoms with van der Waals surface area (Å²) in [6.45, 7) is 3.33. The molecule has 2 atom stereocenters. The van der Waals surface area contributed by atoms with Gasteiger partial charge < -0.3 is 11.5 Å². The van der Waals surface area contributed by atoms with Gasteiger partial charge >= 0.3 is 0 Å². The van der Waals surface area contributed by atoms with Crippen LogP contribution in [0.1, 0.15) is 25.3 Å². The van der Waals surface area contributed by atoms with Crippen molar-refractivity contribution < 1.29 is 9.72 Å². The van der Waals surface area contributed by atoms with Crippen molar-refractivity contribution in [3.8, 4) is 0 Å². The summed E-state index contributed by atoms with van der Waals surface area (Å²) < 4.78 is 0. The van der Waals surface area contributed by atoms with Crippen LogP contribution in [-0.4, -0.2) is 28.3 Å². The van der Waals surface area contributed by atoms with Crippen molar-refractivity contribution in [1.29, 1.82) is 0 Å². The molecule has 114 valence electrons. The highest BCUT2D eigenvalue weighted by Gasteiger charge is 2.28. The van der Waals surface area contributed by atoms with Crippen LogP contribution in [-0.2, 0) is 11.3 Å². The first-order valence-electron chi connectivity index (χ1n) is 6.94. The minimum Gasteiger partial charge on any atom is -0.393 e. The summed E-state index contributed by atoms with van der Waals surface area (Å²) >= 11 is 0. The quantitative estimate of drug-likeness (QED) is 0.492. The Balaban J connectivity index is 2.11. The summed E-state index contributed by atoms with van der Waals surface area (Å²) in [5, 5.41) is 10.8. The van der Waals surface area contributed by atoms with E-state index < -0.39 is 4.92 Å². The summed E-state index contributed by atoms with van der Waals surface area (Å²) in [6.07, 6.45) is 1.73. The molecule has 7 nitrogen and oxygen atoms in total. The van der Waals surface area contributed by atoms with Crippen molar-refractivity contribution in [2.45, 2.75) is 32.4 Å². The van der Waals surface area contributed by atoms with Crippen molar-refractivity contribution >= 4 is 17.3 Å². The number of amides is 1. The SMILES string of the molecule is CC1CCC(C(N)=O)CN1Cc1ccc([N+](=O)[O-])c(N)c1. The van der Waals surface area contributed by atoms with E-state index >= 15 is 0 Å². The van der Waals surface area contributed by atoms with Crippen LogP contribution in [0.3, 0.4) is 0 Å². The zero-order chi connectivity index (χ0) is 15.6. The normalized spacial score (nSPS) is 22.9. The highest BCUT2D eigenvalue weighted by atomic mass is 16.6. The molecule has 0 saturated carbocycles. The molecular weight excluding hydrogens is 272 g/mol. The van der Waals surface area contributed by atoms with Crippen molar-refractivity contribution in [3.63, 3.8) is 0 Å². The second-order valence-corrected chi connectivity index (χ2v) is 5.61. The standard InChI is InChI=1S/C14H20N4O3/c1-9-2-4-11(14(16)19)8-17(9)7-10-3-5-13(18(20)21)12(15)6-10/h3,5-6,9,11H,2,4,7-8,15H2,1H3,(H2,16,19). The maximum absolute atomic E-state index is 11.3. The first-order chi connectivity index (χ1) is 9.88. The molecule has 4 N–H and O–H groups in total. The van der Waals surface area contributed by atoms with Crippen molar-refractivity contribution in [2.24, 2.45) is 11.7 Å². The maximum atomic E-state index is 11.3. The van der Waals surface area contributed by atoms with Gasteiger partial charge in [0.15, 0.2) is 0 Å². The largest absolute Gasteiger partial charge is 0.393 e. The van der Waals surface area contributed by atoms with Crippen LogP contribution in [0.2, 0.25) is 0 Å². The van der Waals surface area contributed by atoms with Gasteiger partial charge in [0.05, 0.1) is 10.8 Å². The Bertz CT molecular complexity index is 561. The van der Waals surface area contributed by atoms with E-state index in [0.29, 0.717) is 19.1 Å². The van der Waals surface area contributed by atoms with Gasteiger partial charge in [-0.05, 0) is 31.4 Å². The van der Waals surface area contributed by atoms with Crippen LogP contribution in [0, 0.1) is 16.0 Å². The summed E-state index contributed by atoms with van der Waals surface area (Å²) in [5.74, 6) is -0.397. The number of nitrogens with two attached hydrogens (primary N) is 2. The highest BCUT2D eigenvalue weighted by Crippen LogP contribution is 2.26. The van der Waals surface area contributed by atoms with Gasteiger partial charge in [-0.25, -0.2) is 0 Å². The van der Waals surface area contributed by atoms with Gasteiger partial charge in [-0.1, -0.05) is 6.07 Å². The summed E-state index contributed by atoms with van der Waals surface area (Å²) in [4.78, 5) is 23.8. The minimum atomic E-state index is -0.494. The van der Waals surface area contributed by atoms with Crippen LogP contribution < -0.4 is 11.5 Å². The minimum absolute atomic E-state index is 0.0829. The number of benzene rings is 1. The Morgan fingerprint density at radius 3 is 2.76 bits per heavy atom. The third-order valence-corrected chi connectivity index (χ3v) is 4.09. The number of piperidine rings is 1. The molecule has 1 aromatic carbocycles. The molecule has 1 saturated heterocycles. The first-order valence-corrected chi connectivity index (χ1v) is 6.94. The number of rotatable bonds is 4. The van der Waals surface area contributed by atoms with E-state index in [1.165, 1.54) is 6.07 Å². The number of nitro groups is 1. The van der Waals surface area contributed by atoms with E-state index in [0.717, 1.165) is 18.4 Å². The number of hydrogen-bond donors (Lipinski definition) is 2. The fourth-order valence-corrected chi connectivity index (χ4v) is 2.73. The molecule has 0 aromatic heterocycles. The number of primary amides is 1. The molecule has 1 heterocycles. The molecular formula is C14H20N4O3. The molecule has 0 spiro atoms. The smallest absolute Gasteiger partial charge is 0.292 e. The molecule has 1 fully saturated rings. The van der Waals surface area contributed by atoms with E-state index in [9.17, 15) is 14.9 Å². The van der Waals surface area contributed by atoms with E-state index in [-0.39, 0.29) is 23.2 Å². The number of anilines is 1. The van der Waals surface area contributed by atoms with Crippen LogP contribution in [0.15, 0.2) is 18.2 Å². The molecule has 1 aliphatic rings. The van der Waals surface area contributed by atoms with E-state index in [1.54, 1.807) is 12.1 Å². The molecule has 1 amide bonds. The number of nitrogen functional groups attached to an aromatic ring is 1. The zero-order valence-electron chi connectivity index (χ0n) is 12.0. The van der Waals surface area contributed by atoms with E-state index in [4.69, 9.17) is 11.5 Å². The number of hydrogen-bond acceptors (Lipinski definition) is 5. The molecule has 21 heavy (non-hydrogen) atoms. The average molecular weight is 292 g/mol. The van der Waals surface area contributed by atoms with E-state index in [2.05, 4.69) is 11.8 Å². The molecule has 0 bridgehead atoms. The summed E-state index contributed by atoms with van der Waals surface area (Å²) in [7, 11) is 0. The second-order valence-electron chi connectivity index (χ2n) is 5.61. The average Bonchev–Trinajstić information content (AvgIpc) is 2.40. The van der Waals surface area contributed by atoms with Gasteiger partial charge in [-0.2, -0.15) is 0 Å². The molecule has 1 aromatic rings. The van der Waals surface area contributed by atoms with Gasteiger partial charge in [0.1, 0.15) is 5.69 Å². The van der Waals surface area contributed by atoms with E-state index in [1.807, 2.05) is 0 Å². The third-order valence-electron chi connectivity index (χ3n) is 4.09. The van der Waals surface area contributed by atoms with Crippen molar-refractivity contribution in [2.75, 3.05) is 12.3 Å². The lowest BCUT2D eigenvalue weighted by Gasteiger charge is -2.36. The zero-order valence-corrected chi connectivity index (χ0v) is 12.0. The fraction of sp³-hybridized carbons (Fsp3) is 0.500. The highest BCUT2D eigenvalue weighted by molar-refractivity contribution is 5.77. The summed E-state index contributed by atoms with van der Waals surface area (Å²) in [6, 6.07) is 5.09. The van der Waals surface area contributed by atoms with Gasteiger partial charge in [0.2, 0.25) is 5.91 Å². The van der Waals surface area contributed by atoms with Crippen molar-refractivity contribution in [1.82, 2.24) is 4.90 Å². The predicted octanol–water partition coefficient (Wildman–Crippen LogP) is 1.26. The third kappa shape index (κ3) is 3.49. The predicted molar refractivity (Wildman–Crippen MR) is 79.3 cm³/mol. The lowest BCUT2D eigenvalue weighted by molar-refractivity contribution is -0.383. The van der Waals surface area contributed by atoms with Gasteiger partial charge in [-0.3, -0.25) is 19.8 Å². The first kappa shape index (κ1) is 15.2. The lowest BCUT2D eigenvalue weighted by Crippen LogP contribution is -2.45. The lowest BCUT2D eigenvalue weighted by atomic mass is 9.92. The molecule has 7 heteroatoms. The summed E-state index contributed by atoms with van der Waals surface area (Å²) in [5.41, 5.74) is 12.1. The van der Waals surface area contributed by atoms with Crippen molar-refractivity contribution in [3.05, 3.63) is 33.9 Å². The van der Waals surface area contributed by atoms with Crippen LogP contribution in [0.4, 0.5) is 11.4 Å². The monoisotopic (exact) mass is 292 g/mol. The molecule has 0 aliphatic carbocycles. The number of likely N-dealkylation sites (tertiary alicyclic amines) is 1. The Labute approximate surface area is 123 Å². The number of carbonyl (C=O) groups is 1. The Morgan fingerprint density at radius 1 is 1.48 bits per heavy atom.